The molecule has 1 aliphatic heterocycles. The number of amides is 1. The summed E-state index contributed by atoms with van der Waals surface area (Å²) in [5.41, 5.74) is 4.29. The minimum absolute atomic E-state index is 0. The van der Waals surface area contributed by atoms with Gasteiger partial charge in [-0.05, 0) is 30.9 Å². The first-order valence-corrected chi connectivity index (χ1v) is 9.97. The summed E-state index contributed by atoms with van der Waals surface area (Å²) >= 11 is 0. The lowest BCUT2D eigenvalue weighted by Crippen LogP contribution is -2.46. The Morgan fingerprint density at radius 2 is 2.03 bits per heavy atom. The van der Waals surface area contributed by atoms with Crippen LogP contribution in [0.15, 0.2) is 33.8 Å². The lowest BCUT2D eigenvalue weighted by molar-refractivity contribution is -0.117. The Balaban J connectivity index is 0.00000300. The largest absolute Gasteiger partial charge is 0.361 e. The number of aliphatic imine (C=N–C) groups is 1. The molecule has 1 aromatic heterocycles. The molecule has 0 saturated carbocycles. The fraction of sp³-hybridized carbons (Fsp3) is 0.476. The summed E-state index contributed by atoms with van der Waals surface area (Å²) in [4.78, 5) is 18.9. The minimum atomic E-state index is 0. The number of aryl methyl sites for hydroxylation is 3. The number of guanidine groups is 1. The van der Waals surface area contributed by atoms with Crippen LogP contribution < -0.4 is 15.5 Å². The van der Waals surface area contributed by atoms with E-state index in [1.54, 1.807) is 7.05 Å². The Hall–Kier alpha value is -2.10. The molecule has 2 N–H and O–H groups in total. The molecule has 0 radical (unpaired) electrons. The molecule has 0 unspecified atom stereocenters. The number of nitrogens with one attached hydrogen (secondary N) is 2. The number of anilines is 1. The summed E-state index contributed by atoms with van der Waals surface area (Å²) in [5.74, 6) is 1.52. The highest BCUT2D eigenvalue weighted by Gasteiger charge is 2.22. The number of benzene rings is 1. The third-order valence-corrected chi connectivity index (χ3v) is 5.08. The van der Waals surface area contributed by atoms with Gasteiger partial charge in [0.15, 0.2) is 5.96 Å². The smallest absolute Gasteiger partial charge is 0.246 e. The van der Waals surface area contributed by atoms with Crippen molar-refractivity contribution in [3.05, 3.63) is 46.8 Å². The maximum absolute atomic E-state index is 12.8. The van der Waals surface area contributed by atoms with Crippen molar-refractivity contribution >= 4 is 41.5 Å². The first kappa shape index (κ1) is 23.2. The highest BCUT2D eigenvalue weighted by molar-refractivity contribution is 14.0. The van der Waals surface area contributed by atoms with Crippen molar-refractivity contribution in [3.8, 4) is 0 Å². The van der Waals surface area contributed by atoms with Gasteiger partial charge in [0, 0.05) is 37.8 Å². The van der Waals surface area contributed by atoms with Crippen LogP contribution in [0.25, 0.3) is 0 Å². The number of hydrogen-bond donors (Lipinski definition) is 2. The van der Waals surface area contributed by atoms with Gasteiger partial charge in [-0.1, -0.05) is 37.2 Å². The van der Waals surface area contributed by atoms with Gasteiger partial charge in [-0.25, -0.2) is 0 Å². The summed E-state index contributed by atoms with van der Waals surface area (Å²) in [6.45, 7) is 5.62. The van der Waals surface area contributed by atoms with Crippen LogP contribution >= 0.6 is 24.0 Å². The number of nitrogens with zero attached hydrogens (tertiary/aromatic N) is 3. The van der Waals surface area contributed by atoms with E-state index in [1.807, 2.05) is 30.0 Å². The standard InChI is InChI=1S/C21H29N5O2.HI/c1-4-17-16(19(5-2)28-25-17)13-23-21(22-3)24-14-20(27)26-12-8-10-15-9-6-7-11-18(15)26;/h6-7,9,11H,4-5,8,10,12-14H2,1-3H3,(H2,22,23,24);1H. The van der Waals surface area contributed by atoms with Crippen LogP contribution in [-0.2, 0) is 30.6 Å². The van der Waals surface area contributed by atoms with Crippen LogP contribution in [-0.4, -0.2) is 37.2 Å². The fourth-order valence-electron chi connectivity index (χ4n) is 3.58. The molecule has 0 atom stereocenters. The highest BCUT2D eigenvalue weighted by atomic mass is 127. The van der Waals surface area contributed by atoms with Gasteiger partial charge in [-0.2, -0.15) is 0 Å². The van der Waals surface area contributed by atoms with Gasteiger partial charge in [0.2, 0.25) is 5.91 Å². The zero-order valence-electron chi connectivity index (χ0n) is 17.3. The molecule has 158 valence electrons. The first-order valence-electron chi connectivity index (χ1n) is 9.97. The van der Waals surface area contributed by atoms with E-state index in [4.69, 9.17) is 4.52 Å². The third-order valence-electron chi connectivity index (χ3n) is 5.08. The maximum Gasteiger partial charge on any atom is 0.246 e. The molecule has 2 aromatic rings. The third kappa shape index (κ3) is 5.49. The molecule has 8 heteroatoms. The Bertz CT molecular complexity index is 828. The number of para-hydroxylation sites is 1. The van der Waals surface area contributed by atoms with Crippen molar-refractivity contribution in [1.82, 2.24) is 15.8 Å². The van der Waals surface area contributed by atoms with Crippen LogP contribution in [0.5, 0.6) is 0 Å². The van der Waals surface area contributed by atoms with Gasteiger partial charge in [-0.15, -0.1) is 24.0 Å². The summed E-state index contributed by atoms with van der Waals surface area (Å²) in [7, 11) is 1.70. The van der Waals surface area contributed by atoms with E-state index in [0.717, 1.165) is 54.9 Å². The maximum atomic E-state index is 12.8. The van der Waals surface area contributed by atoms with Crippen LogP contribution in [0.4, 0.5) is 5.69 Å². The number of aromatic nitrogens is 1. The van der Waals surface area contributed by atoms with E-state index in [0.29, 0.717) is 12.5 Å². The van der Waals surface area contributed by atoms with Crippen molar-refractivity contribution in [1.29, 1.82) is 0 Å². The van der Waals surface area contributed by atoms with Crippen LogP contribution in [0, 0.1) is 0 Å². The molecule has 0 saturated heterocycles. The van der Waals surface area contributed by atoms with Crippen molar-refractivity contribution < 1.29 is 9.32 Å². The predicted molar refractivity (Wildman–Crippen MR) is 126 cm³/mol. The Morgan fingerprint density at radius 1 is 1.24 bits per heavy atom. The zero-order valence-corrected chi connectivity index (χ0v) is 19.7. The quantitative estimate of drug-likeness (QED) is 0.354. The van der Waals surface area contributed by atoms with E-state index < -0.39 is 0 Å². The minimum Gasteiger partial charge on any atom is -0.361 e. The van der Waals surface area contributed by atoms with E-state index in [1.165, 1.54) is 5.56 Å². The highest BCUT2D eigenvalue weighted by Crippen LogP contribution is 2.26. The molecule has 0 spiro atoms. The predicted octanol–water partition coefficient (Wildman–Crippen LogP) is 3.06. The lowest BCUT2D eigenvalue weighted by atomic mass is 10.0. The molecule has 1 aromatic carbocycles. The number of rotatable bonds is 6. The number of carbonyl (C=O) groups is 1. The average Bonchev–Trinajstić information content (AvgIpc) is 3.15. The van der Waals surface area contributed by atoms with E-state index in [2.05, 4.69) is 33.8 Å². The topological polar surface area (TPSA) is 82.8 Å². The van der Waals surface area contributed by atoms with Gasteiger partial charge < -0.3 is 20.1 Å². The number of fused-ring (bicyclic) bond motifs is 1. The normalized spacial score (nSPS) is 13.5. The van der Waals surface area contributed by atoms with Crippen molar-refractivity contribution in [3.63, 3.8) is 0 Å². The second-order valence-corrected chi connectivity index (χ2v) is 6.80. The second-order valence-electron chi connectivity index (χ2n) is 6.80. The Morgan fingerprint density at radius 3 is 2.76 bits per heavy atom. The van der Waals surface area contributed by atoms with Gasteiger partial charge in [0.1, 0.15) is 5.76 Å². The molecule has 7 nitrogen and oxygen atoms in total. The molecular weight excluding hydrogens is 481 g/mol. The molecule has 1 amide bonds. The summed E-state index contributed by atoms with van der Waals surface area (Å²) in [6.07, 6.45) is 3.62. The Kier molecular flexibility index (Phi) is 8.94. The van der Waals surface area contributed by atoms with Crippen LogP contribution in [0.1, 0.15) is 42.8 Å². The summed E-state index contributed by atoms with van der Waals surface area (Å²) < 4.78 is 5.40. The molecule has 1 aliphatic rings. The van der Waals surface area contributed by atoms with Gasteiger partial charge >= 0.3 is 0 Å². The first-order chi connectivity index (χ1) is 13.7. The lowest BCUT2D eigenvalue weighted by Gasteiger charge is -2.29. The zero-order chi connectivity index (χ0) is 19.9. The fourth-order valence-corrected chi connectivity index (χ4v) is 3.58. The molecule has 0 bridgehead atoms. The van der Waals surface area contributed by atoms with E-state index in [9.17, 15) is 4.79 Å². The monoisotopic (exact) mass is 511 g/mol. The summed E-state index contributed by atoms with van der Waals surface area (Å²) in [6, 6.07) is 8.12. The van der Waals surface area contributed by atoms with Crippen LogP contribution in [0.3, 0.4) is 0 Å². The number of hydrogen-bond acceptors (Lipinski definition) is 4. The molecule has 0 fully saturated rings. The van der Waals surface area contributed by atoms with Gasteiger partial charge in [-0.3, -0.25) is 9.79 Å². The SMILES string of the molecule is CCc1noc(CC)c1CNC(=NC)NCC(=O)N1CCCc2ccccc21.I. The number of carbonyl (C=O) groups excluding carboxylic acids is 1. The van der Waals surface area contributed by atoms with E-state index >= 15 is 0 Å². The molecule has 3 rings (SSSR count). The second kappa shape index (κ2) is 11.2. The Labute approximate surface area is 189 Å². The van der Waals surface area contributed by atoms with Crippen molar-refractivity contribution in [2.45, 2.75) is 46.1 Å². The molecule has 0 aliphatic carbocycles. The molecule has 2 heterocycles. The van der Waals surface area contributed by atoms with Gasteiger partial charge in [0.05, 0.1) is 12.2 Å². The summed E-state index contributed by atoms with van der Waals surface area (Å²) in [5, 5.41) is 10.5. The average molecular weight is 511 g/mol. The van der Waals surface area contributed by atoms with E-state index in [-0.39, 0.29) is 36.4 Å². The van der Waals surface area contributed by atoms with Gasteiger partial charge in [0.25, 0.3) is 0 Å². The van der Waals surface area contributed by atoms with Crippen molar-refractivity contribution in [2.24, 2.45) is 4.99 Å². The molecule has 29 heavy (non-hydrogen) atoms. The van der Waals surface area contributed by atoms with Crippen molar-refractivity contribution in [2.75, 3.05) is 25.0 Å². The number of halogens is 1. The van der Waals surface area contributed by atoms with Crippen LogP contribution in [0.2, 0.25) is 0 Å². The molecular formula is C21H30IN5O2.